The molecule has 7 heteroatoms. The van der Waals surface area contributed by atoms with Gasteiger partial charge in [0.05, 0.1) is 11.0 Å². The Morgan fingerprint density at radius 1 is 1.24 bits per heavy atom. The highest BCUT2D eigenvalue weighted by Crippen LogP contribution is 2.24. The molecule has 0 radical (unpaired) electrons. The molecule has 0 fully saturated rings. The molecular formula is C10H16N2O4S. The summed E-state index contributed by atoms with van der Waals surface area (Å²) in [7, 11) is -3.93. The van der Waals surface area contributed by atoms with Crippen LogP contribution in [-0.2, 0) is 10.0 Å². The number of sulfonamides is 1. The molecule has 96 valence electrons. The first-order chi connectivity index (χ1) is 7.88. The topological polar surface area (TPSA) is 127 Å². The Hall–Kier alpha value is -0.990. The van der Waals surface area contributed by atoms with Crippen LogP contribution in [0.25, 0.3) is 0 Å². The molecule has 0 amide bonds. The predicted molar refractivity (Wildman–Crippen MR) is 62.5 cm³/mol. The molecule has 0 aromatic heterocycles. The van der Waals surface area contributed by atoms with Crippen molar-refractivity contribution >= 4 is 10.0 Å². The van der Waals surface area contributed by atoms with Crippen molar-refractivity contribution in [3.8, 4) is 0 Å². The SMILES string of the molecule is NCCC(O)C(O)c1ccccc1S(N)(=O)=O. The number of nitrogens with two attached hydrogens (primary N) is 2. The van der Waals surface area contributed by atoms with Gasteiger partial charge in [-0.05, 0) is 19.0 Å². The Bertz CT molecular complexity index is 475. The predicted octanol–water partition coefficient (Wildman–Crippen LogP) is -0.923. The van der Waals surface area contributed by atoms with Crippen LogP contribution in [0.5, 0.6) is 0 Å². The number of primary sulfonamides is 1. The summed E-state index contributed by atoms with van der Waals surface area (Å²) in [5.74, 6) is 0. The van der Waals surface area contributed by atoms with Gasteiger partial charge in [0.15, 0.2) is 0 Å². The van der Waals surface area contributed by atoms with Gasteiger partial charge in [-0.2, -0.15) is 0 Å². The lowest BCUT2D eigenvalue weighted by Crippen LogP contribution is -2.24. The maximum absolute atomic E-state index is 11.3. The Morgan fingerprint density at radius 2 is 1.82 bits per heavy atom. The van der Waals surface area contributed by atoms with E-state index < -0.39 is 22.2 Å². The molecule has 1 aromatic rings. The molecule has 0 aliphatic heterocycles. The van der Waals surface area contributed by atoms with E-state index in [0.29, 0.717) is 0 Å². The standard InChI is InChI=1S/C10H16N2O4S/c11-6-5-8(13)10(14)7-3-1-2-4-9(7)17(12,15)16/h1-4,8,10,13-14H,5-6,11H2,(H2,12,15,16). The van der Waals surface area contributed by atoms with Gasteiger partial charge < -0.3 is 15.9 Å². The molecule has 0 spiro atoms. The first kappa shape index (κ1) is 14.1. The zero-order valence-corrected chi connectivity index (χ0v) is 9.97. The zero-order valence-electron chi connectivity index (χ0n) is 9.15. The molecule has 0 saturated heterocycles. The lowest BCUT2D eigenvalue weighted by molar-refractivity contribution is 0.0134. The van der Waals surface area contributed by atoms with Crippen molar-refractivity contribution in [2.75, 3.05) is 6.54 Å². The van der Waals surface area contributed by atoms with Gasteiger partial charge in [-0.1, -0.05) is 18.2 Å². The molecule has 17 heavy (non-hydrogen) atoms. The summed E-state index contributed by atoms with van der Waals surface area (Å²) < 4.78 is 22.6. The van der Waals surface area contributed by atoms with Crippen molar-refractivity contribution in [1.82, 2.24) is 0 Å². The first-order valence-corrected chi connectivity index (χ1v) is 6.60. The highest BCUT2D eigenvalue weighted by atomic mass is 32.2. The van der Waals surface area contributed by atoms with Crippen molar-refractivity contribution in [1.29, 1.82) is 0 Å². The zero-order chi connectivity index (χ0) is 13.1. The Kier molecular flexibility index (Phi) is 4.61. The third-order valence-electron chi connectivity index (χ3n) is 2.37. The maximum Gasteiger partial charge on any atom is 0.238 e. The minimum absolute atomic E-state index is 0.0796. The summed E-state index contributed by atoms with van der Waals surface area (Å²) in [4.78, 5) is -0.191. The summed E-state index contributed by atoms with van der Waals surface area (Å²) >= 11 is 0. The van der Waals surface area contributed by atoms with E-state index in [-0.39, 0.29) is 23.4 Å². The van der Waals surface area contributed by atoms with E-state index in [1.165, 1.54) is 18.2 Å². The van der Waals surface area contributed by atoms with E-state index in [1.807, 2.05) is 0 Å². The van der Waals surface area contributed by atoms with E-state index in [2.05, 4.69) is 0 Å². The van der Waals surface area contributed by atoms with Crippen molar-refractivity contribution in [3.05, 3.63) is 29.8 Å². The monoisotopic (exact) mass is 260 g/mol. The van der Waals surface area contributed by atoms with Crippen LogP contribution in [-0.4, -0.2) is 31.3 Å². The molecule has 2 atom stereocenters. The normalized spacial score (nSPS) is 15.5. The smallest absolute Gasteiger partial charge is 0.238 e. The highest BCUT2D eigenvalue weighted by molar-refractivity contribution is 7.89. The van der Waals surface area contributed by atoms with E-state index >= 15 is 0 Å². The van der Waals surface area contributed by atoms with Gasteiger partial charge in [0, 0.05) is 5.56 Å². The number of benzene rings is 1. The number of aliphatic hydroxyl groups excluding tert-OH is 2. The van der Waals surface area contributed by atoms with E-state index in [0.717, 1.165) is 0 Å². The summed E-state index contributed by atoms with van der Waals surface area (Å²) in [5.41, 5.74) is 5.33. The number of hydrogen-bond donors (Lipinski definition) is 4. The minimum atomic E-state index is -3.93. The Labute approximate surface area is 99.9 Å². The third kappa shape index (κ3) is 3.48. The largest absolute Gasteiger partial charge is 0.390 e. The lowest BCUT2D eigenvalue weighted by atomic mass is 10.0. The van der Waals surface area contributed by atoms with E-state index in [1.54, 1.807) is 6.07 Å². The number of hydrogen-bond acceptors (Lipinski definition) is 5. The molecule has 6 N–H and O–H groups in total. The third-order valence-corrected chi connectivity index (χ3v) is 3.36. The van der Waals surface area contributed by atoms with Gasteiger partial charge in [0.25, 0.3) is 0 Å². The summed E-state index contributed by atoms with van der Waals surface area (Å²) in [5, 5.41) is 24.5. The van der Waals surface area contributed by atoms with Crippen LogP contribution in [0.15, 0.2) is 29.2 Å². The summed E-state index contributed by atoms with van der Waals surface area (Å²) in [6, 6.07) is 5.74. The first-order valence-electron chi connectivity index (χ1n) is 5.06. The molecule has 1 aromatic carbocycles. The molecule has 0 bridgehead atoms. The van der Waals surface area contributed by atoms with E-state index in [4.69, 9.17) is 10.9 Å². The number of aliphatic hydroxyl groups is 2. The molecule has 1 rings (SSSR count). The van der Waals surface area contributed by atoms with Crippen LogP contribution in [0.2, 0.25) is 0 Å². The lowest BCUT2D eigenvalue weighted by Gasteiger charge is -2.19. The Morgan fingerprint density at radius 3 is 2.35 bits per heavy atom. The fraction of sp³-hybridized carbons (Fsp3) is 0.400. The minimum Gasteiger partial charge on any atom is -0.390 e. The summed E-state index contributed by atoms with van der Waals surface area (Å²) in [6.07, 6.45) is -2.28. The average Bonchev–Trinajstić information content (AvgIpc) is 2.27. The molecular weight excluding hydrogens is 244 g/mol. The van der Waals surface area contributed by atoms with Gasteiger partial charge in [-0.25, -0.2) is 13.6 Å². The molecule has 0 heterocycles. The molecule has 0 aliphatic rings. The Balaban J connectivity index is 3.14. The molecule has 0 aliphatic carbocycles. The molecule has 6 nitrogen and oxygen atoms in total. The van der Waals surface area contributed by atoms with Crippen molar-refractivity contribution < 1.29 is 18.6 Å². The second kappa shape index (κ2) is 5.56. The van der Waals surface area contributed by atoms with Gasteiger partial charge in [-0.3, -0.25) is 0 Å². The fourth-order valence-electron chi connectivity index (χ4n) is 1.52. The van der Waals surface area contributed by atoms with Crippen LogP contribution in [0, 0.1) is 0 Å². The van der Waals surface area contributed by atoms with Crippen LogP contribution >= 0.6 is 0 Å². The molecule has 0 saturated carbocycles. The quantitative estimate of drug-likeness (QED) is 0.544. The van der Waals surface area contributed by atoms with Crippen LogP contribution in [0.4, 0.5) is 0 Å². The van der Waals surface area contributed by atoms with Gasteiger partial charge in [0.1, 0.15) is 6.10 Å². The van der Waals surface area contributed by atoms with Gasteiger partial charge >= 0.3 is 0 Å². The highest BCUT2D eigenvalue weighted by Gasteiger charge is 2.24. The van der Waals surface area contributed by atoms with Gasteiger partial charge in [0.2, 0.25) is 10.0 Å². The second-order valence-electron chi connectivity index (χ2n) is 3.67. The second-order valence-corrected chi connectivity index (χ2v) is 5.20. The van der Waals surface area contributed by atoms with Crippen molar-refractivity contribution in [2.45, 2.75) is 23.5 Å². The number of rotatable bonds is 5. The van der Waals surface area contributed by atoms with Crippen LogP contribution in [0.3, 0.4) is 0 Å². The van der Waals surface area contributed by atoms with E-state index in [9.17, 15) is 18.6 Å². The molecule has 2 unspecified atom stereocenters. The van der Waals surface area contributed by atoms with Crippen molar-refractivity contribution in [2.24, 2.45) is 10.9 Å². The fourth-order valence-corrected chi connectivity index (χ4v) is 2.31. The maximum atomic E-state index is 11.3. The van der Waals surface area contributed by atoms with Crippen LogP contribution < -0.4 is 10.9 Å². The van der Waals surface area contributed by atoms with Crippen LogP contribution in [0.1, 0.15) is 18.1 Å². The van der Waals surface area contributed by atoms with Crippen molar-refractivity contribution in [3.63, 3.8) is 0 Å². The average molecular weight is 260 g/mol. The summed E-state index contributed by atoms with van der Waals surface area (Å²) in [6.45, 7) is 0.190. The van der Waals surface area contributed by atoms with Gasteiger partial charge in [-0.15, -0.1) is 0 Å².